The molecule has 0 radical (unpaired) electrons. The molecule has 0 aromatic rings. The molecule has 0 rings (SSSR count). The van der Waals surface area contributed by atoms with Gasteiger partial charge < -0.3 is 10.2 Å². The third kappa shape index (κ3) is 4.38. The molecule has 2 N–H and O–H groups in total. The van der Waals surface area contributed by atoms with Gasteiger partial charge in [-0.05, 0) is 12.8 Å². The fraction of sp³-hybridized carbons (Fsp3) is 1.00. The first-order valence-corrected chi connectivity index (χ1v) is 4.51. The molecule has 0 unspecified atom stereocenters. The molecule has 11 heavy (non-hydrogen) atoms. The molecule has 0 fully saturated rings. The maximum atomic E-state index is 9.61. The number of hydrogen-bond donors (Lipinski definition) is 2. The number of hydrogen-bond acceptors (Lipinski definition) is 2. The van der Waals surface area contributed by atoms with Crippen molar-refractivity contribution < 1.29 is 10.2 Å². The van der Waals surface area contributed by atoms with Crippen LogP contribution in [0.1, 0.15) is 46.0 Å². The van der Waals surface area contributed by atoms with E-state index >= 15 is 0 Å². The number of aliphatic hydroxyl groups is 2. The molecule has 0 saturated heterocycles. The van der Waals surface area contributed by atoms with E-state index in [4.69, 9.17) is 5.11 Å². The summed E-state index contributed by atoms with van der Waals surface area (Å²) in [6.07, 6.45) is 4.69. The SMILES string of the molecule is CCCCC[C@@](O)(CC)CO. The first kappa shape index (κ1) is 10.9. The predicted molar refractivity (Wildman–Crippen MR) is 46.5 cm³/mol. The highest BCUT2D eigenvalue weighted by molar-refractivity contribution is 4.74. The average Bonchev–Trinajstić information content (AvgIpc) is 2.05. The molecule has 1 atom stereocenters. The number of rotatable bonds is 6. The second-order valence-electron chi connectivity index (χ2n) is 3.19. The van der Waals surface area contributed by atoms with Crippen LogP contribution in [0.25, 0.3) is 0 Å². The van der Waals surface area contributed by atoms with Crippen molar-refractivity contribution in [3.8, 4) is 0 Å². The summed E-state index contributed by atoms with van der Waals surface area (Å²) in [7, 11) is 0. The summed E-state index contributed by atoms with van der Waals surface area (Å²) in [6, 6.07) is 0. The van der Waals surface area contributed by atoms with E-state index < -0.39 is 5.60 Å². The lowest BCUT2D eigenvalue weighted by molar-refractivity contribution is -0.0258. The molecule has 0 aromatic heterocycles. The zero-order chi connectivity index (χ0) is 8.74. The molecule has 0 aliphatic carbocycles. The Balaban J connectivity index is 3.51. The smallest absolute Gasteiger partial charge is 0.0874 e. The van der Waals surface area contributed by atoms with Crippen LogP contribution in [0.2, 0.25) is 0 Å². The van der Waals surface area contributed by atoms with E-state index in [0.717, 1.165) is 25.7 Å². The largest absolute Gasteiger partial charge is 0.393 e. The predicted octanol–water partition coefficient (Wildman–Crippen LogP) is 1.70. The van der Waals surface area contributed by atoms with Crippen LogP contribution in [0.4, 0.5) is 0 Å². The van der Waals surface area contributed by atoms with Gasteiger partial charge in [-0.15, -0.1) is 0 Å². The third-order valence-corrected chi connectivity index (χ3v) is 2.20. The molecule has 68 valence electrons. The highest BCUT2D eigenvalue weighted by atomic mass is 16.3. The molecule has 0 aromatic carbocycles. The summed E-state index contributed by atoms with van der Waals surface area (Å²) < 4.78 is 0. The number of unbranched alkanes of at least 4 members (excludes halogenated alkanes) is 2. The zero-order valence-corrected chi connectivity index (χ0v) is 7.64. The Morgan fingerprint density at radius 2 is 1.82 bits per heavy atom. The van der Waals surface area contributed by atoms with Crippen LogP contribution in [0.15, 0.2) is 0 Å². The lowest BCUT2D eigenvalue weighted by atomic mass is 9.94. The van der Waals surface area contributed by atoms with E-state index in [1.54, 1.807) is 0 Å². The lowest BCUT2D eigenvalue weighted by Crippen LogP contribution is -2.31. The highest BCUT2D eigenvalue weighted by Crippen LogP contribution is 2.17. The normalized spacial score (nSPS) is 16.4. The van der Waals surface area contributed by atoms with Gasteiger partial charge in [-0.2, -0.15) is 0 Å². The molecule has 0 aliphatic rings. The van der Waals surface area contributed by atoms with Gasteiger partial charge in [0, 0.05) is 0 Å². The summed E-state index contributed by atoms with van der Waals surface area (Å²) in [5, 5.41) is 18.4. The van der Waals surface area contributed by atoms with Crippen molar-refractivity contribution in [2.24, 2.45) is 0 Å². The van der Waals surface area contributed by atoms with Crippen molar-refractivity contribution in [1.82, 2.24) is 0 Å². The van der Waals surface area contributed by atoms with Crippen LogP contribution in [-0.4, -0.2) is 22.4 Å². The minimum absolute atomic E-state index is 0.104. The molecule has 0 bridgehead atoms. The average molecular weight is 160 g/mol. The van der Waals surface area contributed by atoms with Gasteiger partial charge in [0.05, 0.1) is 12.2 Å². The summed E-state index contributed by atoms with van der Waals surface area (Å²) >= 11 is 0. The third-order valence-electron chi connectivity index (χ3n) is 2.20. The fourth-order valence-corrected chi connectivity index (χ4v) is 1.07. The Morgan fingerprint density at radius 1 is 1.18 bits per heavy atom. The van der Waals surface area contributed by atoms with Crippen LogP contribution < -0.4 is 0 Å². The first-order chi connectivity index (χ1) is 5.18. The fourth-order valence-electron chi connectivity index (χ4n) is 1.07. The molecule has 0 spiro atoms. The maximum absolute atomic E-state index is 9.61. The second-order valence-corrected chi connectivity index (χ2v) is 3.19. The highest BCUT2D eigenvalue weighted by Gasteiger charge is 2.21. The van der Waals surface area contributed by atoms with Crippen LogP contribution in [-0.2, 0) is 0 Å². The van der Waals surface area contributed by atoms with Crippen molar-refractivity contribution in [1.29, 1.82) is 0 Å². The Kier molecular flexibility index (Phi) is 5.51. The Bertz CT molecular complexity index is 87.6. The minimum atomic E-state index is -0.810. The Hall–Kier alpha value is -0.0800. The van der Waals surface area contributed by atoms with Crippen LogP contribution in [0, 0.1) is 0 Å². The quantitative estimate of drug-likeness (QED) is 0.581. The van der Waals surface area contributed by atoms with Crippen molar-refractivity contribution in [2.45, 2.75) is 51.6 Å². The van der Waals surface area contributed by atoms with Crippen molar-refractivity contribution in [3.63, 3.8) is 0 Å². The summed E-state index contributed by atoms with van der Waals surface area (Å²) in [4.78, 5) is 0. The Morgan fingerprint density at radius 3 is 2.18 bits per heavy atom. The van der Waals surface area contributed by atoms with E-state index in [1.807, 2.05) is 6.92 Å². The summed E-state index contributed by atoms with van der Waals surface area (Å²) in [5.74, 6) is 0. The lowest BCUT2D eigenvalue weighted by Gasteiger charge is -2.23. The van der Waals surface area contributed by atoms with E-state index in [-0.39, 0.29) is 6.61 Å². The van der Waals surface area contributed by atoms with Gasteiger partial charge >= 0.3 is 0 Å². The van der Waals surface area contributed by atoms with Gasteiger partial charge in [0.2, 0.25) is 0 Å². The van der Waals surface area contributed by atoms with Gasteiger partial charge in [0.15, 0.2) is 0 Å². The first-order valence-electron chi connectivity index (χ1n) is 4.51. The van der Waals surface area contributed by atoms with Crippen LogP contribution >= 0.6 is 0 Å². The number of aliphatic hydroxyl groups excluding tert-OH is 1. The van der Waals surface area contributed by atoms with E-state index in [9.17, 15) is 5.11 Å². The topological polar surface area (TPSA) is 40.5 Å². The molecule has 0 saturated carbocycles. The monoisotopic (exact) mass is 160 g/mol. The van der Waals surface area contributed by atoms with E-state index in [0.29, 0.717) is 6.42 Å². The molecule has 0 heterocycles. The maximum Gasteiger partial charge on any atom is 0.0874 e. The second kappa shape index (κ2) is 5.56. The van der Waals surface area contributed by atoms with Gasteiger partial charge in [0.25, 0.3) is 0 Å². The zero-order valence-electron chi connectivity index (χ0n) is 7.64. The van der Waals surface area contributed by atoms with Crippen molar-refractivity contribution >= 4 is 0 Å². The van der Waals surface area contributed by atoms with Crippen LogP contribution in [0.5, 0.6) is 0 Å². The Labute approximate surface area is 69.2 Å². The molecule has 2 heteroatoms. The molecule has 0 amide bonds. The minimum Gasteiger partial charge on any atom is -0.393 e. The van der Waals surface area contributed by atoms with Gasteiger partial charge in [-0.25, -0.2) is 0 Å². The van der Waals surface area contributed by atoms with Crippen LogP contribution in [0.3, 0.4) is 0 Å². The molecular weight excluding hydrogens is 140 g/mol. The van der Waals surface area contributed by atoms with Crippen molar-refractivity contribution in [2.75, 3.05) is 6.61 Å². The van der Waals surface area contributed by atoms with Crippen molar-refractivity contribution in [3.05, 3.63) is 0 Å². The standard InChI is InChI=1S/C9H20O2/c1-3-5-6-7-9(11,4-2)8-10/h10-11H,3-8H2,1-2H3/t9-/m0/s1. The molecule has 2 nitrogen and oxygen atoms in total. The van der Waals surface area contributed by atoms with Gasteiger partial charge in [-0.1, -0.05) is 33.1 Å². The summed E-state index contributed by atoms with van der Waals surface area (Å²) in [6.45, 7) is 3.93. The van der Waals surface area contributed by atoms with Gasteiger partial charge in [0.1, 0.15) is 0 Å². The summed E-state index contributed by atoms with van der Waals surface area (Å²) in [5.41, 5.74) is -0.810. The molecular formula is C9H20O2. The molecule has 0 aliphatic heterocycles. The van der Waals surface area contributed by atoms with E-state index in [2.05, 4.69) is 6.92 Å². The van der Waals surface area contributed by atoms with Gasteiger partial charge in [-0.3, -0.25) is 0 Å². The van der Waals surface area contributed by atoms with E-state index in [1.165, 1.54) is 0 Å².